The summed E-state index contributed by atoms with van der Waals surface area (Å²) in [5, 5.41) is 8.70. The van der Waals surface area contributed by atoms with Crippen molar-refractivity contribution < 1.29 is 5.11 Å². The maximum atomic E-state index is 8.70. The Morgan fingerprint density at radius 3 is 2.46 bits per heavy atom. The van der Waals surface area contributed by atoms with E-state index in [4.69, 9.17) is 10.8 Å². The van der Waals surface area contributed by atoms with Crippen molar-refractivity contribution in [1.29, 1.82) is 0 Å². The first-order valence-corrected chi connectivity index (χ1v) is 4.43. The second kappa shape index (κ2) is 5.51. The van der Waals surface area contributed by atoms with Crippen LogP contribution >= 0.6 is 0 Å². The number of nitrogens with two attached hydrogens (primary N) is 1. The average molecular weight is 177 g/mol. The molecule has 0 radical (unpaired) electrons. The molecule has 0 fully saturated rings. The van der Waals surface area contributed by atoms with Crippen LogP contribution < -0.4 is 5.73 Å². The van der Waals surface area contributed by atoms with Crippen LogP contribution in [0.4, 0.5) is 0 Å². The van der Waals surface area contributed by atoms with Gasteiger partial charge in [0.1, 0.15) is 0 Å². The van der Waals surface area contributed by atoms with Crippen LogP contribution in [0, 0.1) is 0 Å². The zero-order valence-corrected chi connectivity index (χ0v) is 7.61. The Kier molecular flexibility index (Phi) is 4.23. The van der Waals surface area contributed by atoms with E-state index in [0.717, 1.165) is 17.5 Å². The van der Waals surface area contributed by atoms with Gasteiger partial charge in [0.2, 0.25) is 0 Å². The van der Waals surface area contributed by atoms with E-state index in [9.17, 15) is 0 Å². The highest BCUT2D eigenvalue weighted by Crippen LogP contribution is 2.06. The summed E-state index contributed by atoms with van der Waals surface area (Å²) < 4.78 is 0. The smallest absolute Gasteiger partial charge is 0.0471 e. The molecule has 3 N–H and O–H groups in total. The van der Waals surface area contributed by atoms with Crippen LogP contribution in [0.1, 0.15) is 11.1 Å². The molecule has 0 aliphatic heterocycles. The van der Waals surface area contributed by atoms with Gasteiger partial charge >= 0.3 is 0 Å². The van der Waals surface area contributed by atoms with Gasteiger partial charge in [-0.1, -0.05) is 36.4 Å². The summed E-state index contributed by atoms with van der Waals surface area (Å²) >= 11 is 0. The number of aliphatic hydroxyl groups excluding tert-OH is 1. The summed E-state index contributed by atoms with van der Waals surface area (Å²) in [6, 6.07) is 8.09. The van der Waals surface area contributed by atoms with Crippen LogP contribution in [0.2, 0.25) is 0 Å². The molecule has 70 valence electrons. The van der Waals surface area contributed by atoms with E-state index in [1.807, 2.05) is 36.4 Å². The third kappa shape index (κ3) is 3.40. The summed E-state index contributed by atoms with van der Waals surface area (Å²) in [6.45, 7) is 0.774. The predicted molar refractivity (Wildman–Crippen MR) is 55.3 cm³/mol. The molecule has 2 heteroatoms. The lowest BCUT2D eigenvalue weighted by Crippen LogP contribution is -1.92. The van der Waals surface area contributed by atoms with E-state index in [0.29, 0.717) is 6.54 Å². The fourth-order valence-electron chi connectivity index (χ4n) is 1.13. The van der Waals surface area contributed by atoms with E-state index in [-0.39, 0.29) is 6.61 Å². The summed E-state index contributed by atoms with van der Waals surface area (Å²) in [6.07, 6.45) is 4.63. The van der Waals surface area contributed by atoms with Crippen LogP contribution in [0.3, 0.4) is 0 Å². The van der Waals surface area contributed by atoms with Gasteiger partial charge in [0, 0.05) is 13.2 Å². The first-order valence-electron chi connectivity index (χ1n) is 4.43. The van der Waals surface area contributed by atoms with Gasteiger partial charge in [-0.05, 0) is 17.5 Å². The maximum absolute atomic E-state index is 8.70. The van der Waals surface area contributed by atoms with Gasteiger partial charge < -0.3 is 10.8 Å². The van der Waals surface area contributed by atoms with Crippen molar-refractivity contribution in [2.75, 3.05) is 13.2 Å². The van der Waals surface area contributed by atoms with E-state index in [2.05, 4.69) is 0 Å². The van der Waals surface area contributed by atoms with Gasteiger partial charge in [0.25, 0.3) is 0 Å². The number of aliphatic hydroxyl groups is 1. The minimum absolute atomic E-state index is 0.206. The predicted octanol–water partition coefficient (Wildman–Crippen LogP) is 1.19. The van der Waals surface area contributed by atoms with E-state index in [1.165, 1.54) is 0 Å². The van der Waals surface area contributed by atoms with Gasteiger partial charge in [-0.3, -0.25) is 0 Å². The molecule has 13 heavy (non-hydrogen) atoms. The molecule has 0 saturated heterocycles. The Bertz CT molecular complexity index is 264. The van der Waals surface area contributed by atoms with E-state index >= 15 is 0 Å². The van der Waals surface area contributed by atoms with Crippen molar-refractivity contribution in [3.8, 4) is 0 Å². The lowest BCUT2D eigenvalue weighted by atomic mass is 10.1. The van der Waals surface area contributed by atoms with Gasteiger partial charge in [-0.15, -0.1) is 0 Å². The molecule has 0 saturated carbocycles. The number of rotatable bonds is 4. The molecule has 0 aliphatic carbocycles. The Morgan fingerprint density at radius 2 is 1.92 bits per heavy atom. The second-order valence-corrected chi connectivity index (χ2v) is 2.85. The molecule has 0 aliphatic rings. The van der Waals surface area contributed by atoms with Crippen molar-refractivity contribution in [2.24, 2.45) is 5.73 Å². The van der Waals surface area contributed by atoms with Crippen molar-refractivity contribution >= 4 is 6.08 Å². The monoisotopic (exact) mass is 177 g/mol. The summed E-state index contributed by atoms with van der Waals surface area (Å²) in [5.41, 5.74) is 7.64. The maximum Gasteiger partial charge on any atom is 0.0471 e. The van der Waals surface area contributed by atoms with Crippen molar-refractivity contribution in [3.05, 3.63) is 41.5 Å². The molecule has 1 rings (SSSR count). The Balaban J connectivity index is 2.64. The lowest BCUT2D eigenvalue weighted by molar-refractivity contribution is 0.299. The van der Waals surface area contributed by atoms with Gasteiger partial charge in [0.05, 0.1) is 0 Å². The molecule has 1 aromatic rings. The molecule has 0 atom stereocenters. The Labute approximate surface area is 78.7 Å². The minimum atomic E-state index is 0.206. The summed E-state index contributed by atoms with van der Waals surface area (Å²) in [4.78, 5) is 0. The van der Waals surface area contributed by atoms with Crippen LogP contribution in [0.5, 0.6) is 0 Å². The minimum Gasteiger partial charge on any atom is -0.396 e. The largest absolute Gasteiger partial charge is 0.396 e. The molecule has 0 heterocycles. The number of hydrogen-bond donors (Lipinski definition) is 2. The van der Waals surface area contributed by atoms with Gasteiger partial charge in [-0.2, -0.15) is 0 Å². The van der Waals surface area contributed by atoms with Crippen LogP contribution in [-0.2, 0) is 6.42 Å². The zero-order chi connectivity index (χ0) is 9.52. The molecular formula is C11H15NO. The van der Waals surface area contributed by atoms with Crippen molar-refractivity contribution in [1.82, 2.24) is 0 Å². The van der Waals surface area contributed by atoms with Crippen LogP contribution in [0.25, 0.3) is 6.08 Å². The van der Waals surface area contributed by atoms with Crippen LogP contribution in [-0.4, -0.2) is 18.3 Å². The molecule has 2 nitrogen and oxygen atoms in total. The molecule has 0 aromatic heterocycles. The summed E-state index contributed by atoms with van der Waals surface area (Å²) in [7, 11) is 0. The van der Waals surface area contributed by atoms with Gasteiger partial charge in [0.15, 0.2) is 0 Å². The highest BCUT2D eigenvalue weighted by Gasteiger charge is 1.90. The van der Waals surface area contributed by atoms with Gasteiger partial charge in [-0.25, -0.2) is 0 Å². The average Bonchev–Trinajstić information content (AvgIpc) is 2.17. The van der Waals surface area contributed by atoms with Crippen molar-refractivity contribution in [3.63, 3.8) is 0 Å². The van der Waals surface area contributed by atoms with Crippen LogP contribution in [0.15, 0.2) is 30.3 Å². The summed E-state index contributed by atoms with van der Waals surface area (Å²) in [5.74, 6) is 0. The first-order chi connectivity index (χ1) is 6.36. The van der Waals surface area contributed by atoms with E-state index < -0.39 is 0 Å². The Hall–Kier alpha value is -1.12. The fourth-order valence-corrected chi connectivity index (χ4v) is 1.13. The fraction of sp³-hybridized carbons (Fsp3) is 0.273. The third-order valence-corrected chi connectivity index (χ3v) is 1.83. The number of benzene rings is 1. The molecular weight excluding hydrogens is 162 g/mol. The Morgan fingerprint density at radius 1 is 1.23 bits per heavy atom. The normalized spacial score (nSPS) is 10.9. The molecule has 1 aromatic carbocycles. The first kappa shape index (κ1) is 9.96. The topological polar surface area (TPSA) is 46.2 Å². The zero-order valence-electron chi connectivity index (χ0n) is 7.61. The third-order valence-electron chi connectivity index (χ3n) is 1.83. The van der Waals surface area contributed by atoms with E-state index in [1.54, 1.807) is 0 Å². The molecule has 0 amide bonds. The molecule has 0 bridgehead atoms. The standard InChI is InChI=1S/C11H15NO/c12-8-1-2-10-3-5-11(6-4-10)7-9-13/h1-6,13H,7-9,12H2. The highest BCUT2D eigenvalue weighted by atomic mass is 16.2. The quantitative estimate of drug-likeness (QED) is 0.725. The molecule has 0 unspecified atom stereocenters. The second-order valence-electron chi connectivity index (χ2n) is 2.85. The number of hydrogen-bond acceptors (Lipinski definition) is 2. The SMILES string of the molecule is NCC=Cc1ccc(CCO)cc1. The highest BCUT2D eigenvalue weighted by molar-refractivity contribution is 5.49. The molecule has 0 spiro atoms. The van der Waals surface area contributed by atoms with Crippen molar-refractivity contribution in [2.45, 2.75) is 6.42 Å². The lowest BCUT2D eigenvalue weighted by Gasteiger charge is -1.98.